The fourth-order valence-corrected chi connectivity index (χ4v) is 3.02. The molecule has 0 aromatic heterocycles. The van der Waals surface area contributed by atoms with Crippen LogP contribution in [0.25, 0.3) is 0 Å². The fourth-order valence-electron chi connectivity index (χ4n) is 3.02. The van der Waals surface area contributed by atoms with Gasteiger partial charge < -0.3 is 15.2 Å². The SMILES string of the molecule is CCCCCCCCCCCCCC=CCCC(=O)N[C@H](CO)COC. The van der Waals surface area contributed by atoms with Crippen LogP contribution in [-0.4, -0.2) is 37.4 Å². The lowest BCUT2D eigenvalue weighted by molar-refractivity contribution is -0.122. The molecular weight excluding hydrogens is 326 g/mol. The Morgan fingerprint density at radius 1 is 0.923 bits per heavy atom. The van der Waals surface area contributed by atoms with Crippen LogP contribution in [0.15, 0.2) is 12.2 Å². The van der Waals surface area contributed by atoms with Crippen molar-refractivity contribution in [3.8, 4) is 0 Å². The average Bonchev–Trinajstić information content (AvgIpc) is 2.64. The minimum Gasteiger partial charge on any atom is -0.394 e. The number of carbonyl (C=O) groups excluding carboxylic acids is 1. The molecule has 0 saturated heterocycles. The molecule has 0 fully saturated rings. The third-order valence-electron chi connectivity index (χ3n) is 4.63. The summed E-state index contributed by atoms with van der Waals surface area (Å²) in [6, 6.07) is -0.298. The summed E-state index contributed by atoms with van der Waals surface area (Å²) < 4.78 is 4.94. The molecule has 4 heteroatoms. The van der Waals surface area contributed by atoms with Gasteiger partial charge in [0.25, 0.3) is 0 Å². The molecule has 0 aliphatic carbocycles. The maximum absolute atomic E-state index is 11.7. The second-order valence-electron chi connectivity index (χ2n) is 7.24. The van der Waals surface area contributed by atoms with E-state index in [1.54, 1.807) is 7.11 Å². The Hall–Kier alpha value is -0.870. The van der Waals surface area contributed by atoms with Gasteiger partial charge in [-0.3, -0.25) is 4.79 Å². The highest BCUT2D eigenvalue weighted by Gasteiger charge is 2.09. The summed E-state index contributed by atoms with van der Waals surface area (Å²) in [4.78, 5) is 11.7. The van der Waals surface area contributed by atoms with E-state index in [9.17, 15) is 4.79 Å². The molecule has 0 unspecified atom stereocenters. The highest BCUT2D eigenvalue weighted by Crippen LogP contribution is 2.12. The monoisotopic (exact) mass is 369 g/mol. The van der Waals surface area contributed by atoms with Gasteiger partial charge in [0.15, 0.2) is 0 Å². The van der Waals surface area contributed by atoms with Crippen LogP contribution in [-0.2, 0) is 9.53 Å². The van der Waals surface area contributed by atoms with E-state index in [4.69, 9.17) is 9.84 Å². The second-order valence-corrected chi connectivity index (χ2v) is 7.24. The number of aliphatic hydroxyl groups is 1. The van der Waals surface area contributed by atoms with Crippen LogP contribution in [0.1, 0.15) is 96.8 Å². The predicted molar refractivity (Wildman–Crippen MR) is 110 cm³/mol. The Morgan fingerprint density at radius 3 is 2.00 bits per heavy atom. The van der Waals surface area contributed by atoms with Gasteiger partial charge in [-0.25, -0.2) is 0 Å². The number of nitrogens with one attached hydrogen (secondary N) is 1. The molecule has 0 spiro atoms. The van der Waals surface area contributed by atoms with Crippen molar-refractivity contribution in [3.63, 3.8) is 0 Å². The zero-order valence-corrected chi connectivity index (χ0v) is 17.3. The molecule has 26 heavy (non-hydrogen) atoms. The first-order valence-corrected chi connectivity index (χ1v) is 10.8. The molecule has 0 rings (SSSR count). The first kappa shape index (κ1) is 25.1. The maximum atomic E-state index is 11.7. The Kier molecular flexibility index (Phi) is 19.8. The number of rotatable bonds is 19. The first-order valence-electron chi connectivity index (χ1n) is 10.8. The topological polar surface area (TPSA) is 58.6 Å². The van der Waals surface area contributed by atoms with Gasteiger partial charge in [0.1, 0.15) is 0 Å². The van der Waals surface area contributed by atoms with Crippen LogP contribution in [0.5, 0.6) is 0 Å². The number of unbranched alkanes of at least 4 members (excludes halogenated alkanes) is 11. The summed E-state index contributed by atoms with van der Waals surface area (Å²) in [5.41, 5.74) is 0. The first-order chi connectivity index (χ1) is 12.7. The minimum absolute atomic E-state index is 0.0274. The summed E-state index contributed by atoms with van der Waals surface area (Å²) in [5, 5.41) is 11.9. The third kappa shape index (κ3) is 17.9. The smallest absolute Gasteiger partial charge is 0.220 e. The number of allylic oxidation sites excluding steroid dienone is 2. The van der Waals surface area contributed by atoms with Crippen molar-refractivity contribution >= 4 is 5.91 Å². The molecule has 0 heterocycles. The van der Waals surface area contributed by atoms with Crippen LogP contribution >= 0.6 is 0 Å². The molecule has 0 bridgehead atoms. The number of aliphatic hydroxyl groups excluding tert-OH is 1. The van der Waals surface area contributed by atoms with Gasteiger partial charge in [0, 0.05) is 13.5 Å². The van der Waals surface area contributed by atoms with Crippen LogP contribution < -0.4 is 5.32 Å². The Morgan fingerprint density at radius 2 is 1.46 bits per heavy atom. The zero-order chi connectivity index (χ0) is 19.3. The highest BCUT2D eigenvalue weighted by molar-refractivity contribution is 5.76. The molecule has 4 nitrogen and oxygen atoms in total. The molecule has 1 atom stereocenters. The molecule has 154 valence electrons. The van der Waals surface area contributed by atoms with E-state index >= 15 is 0 Å². The highest BCUT2D eigenvalue weighted by atomic mass is 16.5. The molecule has 0 aliphatic rings. The molecule has 0 saturated carbocycles. The molecular formula is C22H43NO3. The van der Waals surface area contributed by atoms with Gasteiger partial charge in [-0.2, -0.15) is 0 Å². The lowest BCUT2D eigenvalue weighted by Gasteiger charge is -2.14. The lowest BCUT2D eigenvalue weighted by atomic mass is 10.1. The van der Waals surface area contributed by atoms with Gasteiger partial charge in [0.2, 0.25) is 5.91 Å². The fraction of sp³-hybridized carbons (Fsp3) is 0.864. The van der Waals surface area contributed by atoms with Gasteiger partial charge in [-0.1, -0.05) is 83.3 Å². The number of hydrogen-bond acceptors (Lipinski definition) is 3. The van der Waals surface area contributed by atoms with E-state index in [1.807, 2.05) is 0 Å². The molecule has 1 amide bonds. The summed E-state index contributed by atoms with van der Waals surface area (Å²) >= 11 is 0. The van der Waals surface area contributed by atoms with E-state index < -0.39 is 0 Å². The lowest BCUT2D eigenvalue weighted by Crippen LogP contribution is -2.40. The zero-order valence-electron chi connectivity index (χ0n) is 17.3. The third-order valence-corrected chi connectivity index (χ3v) is 4.63. The predicted octanol–water partition coefficient (Wildman–Crippen LogP) is 5.15. The number of hydrogen-bond donors (Lipinski definition) is 2. The summed E-state index contributed by atoms with van der Waals surface area (Å²) in [5.74, 6) is -0.0274. The van der Waals surface area contributed by atoms with E-state index in [1.165, 1.54) is 70.6 Å². The Labute approximate surface area is 161 Å². The van der Waals surface area contributed by atoms with Gasteiger partial charge >= 0.3 is 0 Å². The minimum atomic E-state index is -0.298. The summed E-state index contributed by atoms with van der Waals surface area (Å²) in [6.45, 7) is 2.52. The number of ether oxygens (including phenoxy) is 1. The van der Waals surface area contributed by atoms with Crippen molar-refractivity contribution in [2.75, 3.05) is 20.3 Å². The van der Waals surface area contributed by atoms with Gasteiger partial charge in [0.05, 0.1) is 19.3 Å². The summed E-state index contributed by atoms with van der Waals surface area (Å²) in [7, 11) is 1.56. The normalized spacial score (nSPS) is 12.6. The Balaban J connectivity index is 3.34. The van der Waals surface area contributed by atoms with Gasteiger partial charge in [-0.15, -0.1) is 0 Å². The van der Waals surface area contributed by atoms with Crippen molar-refractivity contribution in [1.82, 2.24) is 5.32 Å². The van der Waals surface area contributed by atoms with E-state index in [0.717, 1.165) is 12.8 Å². The van der Waals surface area contributed by atoms with Crippen molar-refractivity contribution in [2.24, 2.45) is 0 Å². The van der Waals surface area contributed by atoms with Crippen molar-refractivity contribution in [3.05, 3.63) is 12.2 Å². The van der Waals surface area contributed by atoms with Crippen LogP contribution in [0.4, 0.5) is 0 Å². The standard InChI is InChI=1S/C22H43NO3/c1-3-4-5-6-7-8-9-10-11-12-13-14-15-16-17-18-22(25)23-21(19-24)20-26-2/h15-16,21,24H,3-14,17-20H2,1-2H3,(H,23,25)/t21-/m1/s1. The number of methoxy groups -OCH3 is 1. The summed E-state index contributed by atoms with van der Waals surface area (Å²) in [6.07, 6.45) is 21.7. The van der Waals surface area contributed by atoms with Crippen LogP contribution in [0.2, 0.25) is 0 Å². The van der Waals surface area contributed by atoms with Crippen molar-refractivity contribution in [1.29, 1.82) is 0 Å². The van der Waals surface area contributed by atoms with E-state index in [-0.39, 0.29) is 18.6 Å². The largest absolute Gasteiger partial charge is 0.394 e. The van der Waals surface area contributed by atoms with Crippen LogP contribution in [0, 0.1) is 0 Å². The number of carbonyl (C=O) groups is 1. The molecule has 0 aromatic rings. The van der Waals surface area contributed by atoms with Crippen molar-refractivity contribution < 1.29 is 14.6 Å². The Bertz CT molecular complexity index is 331. The van der Waals surface area contributed by atoms with Crippen molar-refractivity contribution in [2.45, 2.75) is 103 Å². The van der Waals surface area contributed by atoms with Crippen LogP contribution in [0.3, 0.4) is 0 Å². The van der Waals surface area contributed by atoms with Gasteiger partial charge in [-0.05, 0) is 19.3 Å². The van der Waals surface area contributed by atoms with E-state index in [0.29, 0.717) is 13.0 Å². The maximum Gasteiger partial charge on any atom is 0.220 e. The molecule has 0 radical (unpaired) electrons. The number of amides is 1. The quantitative estimate of drug-likeness (QED) is 0.245. The molecule has 2 N–H and O–H groups in total. The second kappa shape index (κ2) is 20.4. The van der Waals surface area contributed by atoms with E-state index in [2.05, 4.69) is 24.4 Å². The molecule has 0 aliphatic heterocycles. The molecule has 0 aromatic carbocycles. The average molecular weight is 370 g/mol.